The lowest BCUT2D eigenvalue weighted by Gasteiger charge is -2.28. The molecule has 0 aromatic heterocycles. The number of hydrogen-bond donors (Lipinski definition) is 4. The average molecular weight is 940 g/mol. The summed E-state index contributed by atoms with van der Waals surface area (Å²) in [7, 11) is -0.578. The second kappa shape index (κ2) is 19.7. The number of ether oxygens (including phenoxy) is 4. The lowest BCUT2D eigenvalue weighted by atomic mass is 10.1. The summed E-state index contributed by atoms with van der Waals surface area (Å²) >= 11 is -1.32. The van der Waals surface area contributed by atoms with Gasteiger partial charge in [-0.25, -0.2) is 8.42 Å². The first-order valence-electron chi connectivity index (χ1n) is 19.5. The van der Waals surface area contributed by atoms with E-state index in [4.69, 9.17) is 27.3 Å². The van der Waals surface area contributed by atoms with Gasteiger partial charge in [-0.15, -0.1) is 0 Å². The molecule has 7 atom stereocenters. The zero-order chi connectivity index (χ0) is 45.1. The maximum Gasteiger partial charge on any atom is 0.256 e. The molecule has 2 saturated heterocycles. The highest BCUT2D eigenvalue weighted by Crippen LogP contribution is 2.46. The molecule has 19 nitrogen and oxygen atoms in total. The minimum atomic E-state index is -3.36. The quantitative estimate of drug-likeness (QED) is 0.0678. The molecule has 4 heterocycles. The predicted octanol–water partition coefficient (Wildman–Crippen LogP) is 3.75. The molecule has 4 aliphatic rings. The van der Waals surface area contributed by atoms with Gasteiger partial charge in [0, 0.05) is 48.7 Å². The van der Waals surface area contributed by atoms with Gasteiger partial charge >= 0.3 is 0 Å². The summed E-state index contributed by atoms with van der Waals surface area (Å²) in [6, 6.07) is 4.60. The first-order valence-corrected chi connectivity index (χ1v) is 24.3. The van der Waals surface area contributed by atoms with Crippen LogP contribution in [0.5, 0.6) is 23.0 Å². The van der Waals surface area contributed by atoms with E-state index in [1.54, 1.807) is 0 Å². The Balaban J connectivity index is 1.20. The summed E-state index contributed by atoms with van der Waals surface area (Å²) in [4.78, 5) is 43.3. The standard InChI is InChI=1S/C39H52N5O14PS3/c1-22-13-28-35(57-61(49)50)41-26-17-32(30(53-5)15-24(26)37(46)43(28)19-22)55-9-11-59(48,21-40-34(45)7-8-39(3,4)60)12-10-56-33-18-27-25(16-31(33)54-6)38(47)44-20-23(2)14-29(44)36(42-27)58-62(51)52/h15-18,28-29,35-36,41-42,60H,1-2,7-14,19-21H2,3-6H3,(H,40,45)(H,49,50)(H,51,52)/p-2/t28-,29+,35?,36?,59?. The van der Waals surface area contributed by atoms with Gasteiger partial charge in [0.05, 0.1) is 91.0 Å². The monoisotopic (exact) mass is 939 g/mol. The molecule has 6 rings (SSSR count). The fraction of sp³-hybridized carbons (Fsp3) is 0.513. The number of benzene rings is 2. The molecular weight excluding hydrogens is 890 g/mol. The van der Waals surface area contributed by atoms with E-state index in [0.29, 0.717) is 19.3 Å². The molecule has 62 heavy (non-hydrogen) atoms. The number of amides is 3. The largest absolute Gasteiger partial charge is 0.750 e. The molecule has 5 unspecified atom stereocenters. The molecule has 340 valence electrons. The van der Waals surface area contributed by atoms with Crippen LogP contribution in [0.1, 0.15) is 60.2 Å². The second-order valence-corrected chi connectivity index (χ2v) is 21.7. The summed E-state index contributed by atoms with van der Waals surface area (Å²) in [6.45, 7) is 11.8. The van der Waals surface area contributed by atoms with E-state index in [-0.39, 0.29) is 103 Å². The summed E-state index contributed by atoms with van der Waals surface area (Å²) in [5.41, 5.74) is 2.31. The lowest BCUT2D eigenvalue weighted by molar-refractivity contribution is -0.121. The van der Waals surface area contributed by atoms with Crippen LogP contribution in [0, 0.1) is 0 Å². The molecule has 2 fully saturated rings. The normalized spacial score (nSPS) is 22.7. The Morgan fingerprint density at radius 3 is 1.66 bits per heavy atom. The highest BCUT2D eigenvalue weighted by Gasteiger charge is 2.43. The van der Waals surface area contributed by atoms with Crippen LogP contribution in [0.15, 0.2) is 48.6 Å². The van der Waals surface area contributed by atoms with E-state index in [9.17, 15) is 36.5 Å². The van der Waals surface area contributed by atoms with Crippen LogP contribution in [0.3, 0.4) is 0 Å². The molecule has 0 aliphatic carbocycles. The zero-order valence-corrected chi connectivity index (χ0v) is 38.1. The Kier molecular flexibility index (Phi) is 15.0. The van der Waals surface area contributed by atoms with Crippen LogP contribution in [-0.2, 0) is 40.4 Å². The number of rotatable bonds is 19. The molecule has 3 N–H and O–H groups in total. The number of anilines is 2. The van der Waals surface area contributed by atoms with Crippen LogP contribution in [0.2, 0.25) is 0 Å². The van der Waals surface area contributed by atoms with Crippen molar-refractivity contribution < 1.29 is 63.8 Å². The minimum Gasteiger partial charge on any atom is -0.750 e. The van der Waals surface area contributed by atoms with Crippen molar-refractivity contribution in [2.24, 2.45) is 0 Å². The third-order valence-electron chi connectivity index (χ3n) is 10.9. The lowest BCUT2D eigenvalue weighted by Crippen LogP contribution is -2.45. The van der Waals surface area contributed by atoms with Crippen molar-refractivity contribution in [1.82, 2.24) is 15.1 Å². The van der Waals surface area contributed by atoms with Crippen molar-refractivity contribution in [3.8, 4) is 23.0 Å². The topological polar surface area (TPSA) is 246 Å². The van der Waals surface area contributed by atoms with Crippen molar-refractivity contribution in [1.29, 1.82) is 0 Å². The van der Waals surface area contributed by atoms with Gasteiger partial charge in [-0.2, -0.15) is 12.6 Å². The molecular formula is C39H50N5O14PS3-2. The van der Waals surface area contributed by atoms with Gasteiger partial charge in [0.15, 0.2) is 35.5 Å². The molecule has 3 amide bonds. The summed E-state index contributed by atoms with van der Waals surface area (Å²) in [6.07, 6.45) is -1.28. The Labute approximate surface area is 370 Å². The molecule has 0 saturated carbocycles. The Morgan fingerprint density at radius 1 is 0.839 bits per heavy atom. The van der Waals surface area contributed by atoms with Crippen molar-refractivity contribution in [2.75, 3.05) is 69.8 Å². The van der Waals surface area contributed by atoms with Crippen LogP contribution < -0.4 is 34.9 Å². The Bertz CT molecular complexity index is 2070. The van der Waals surface area contributed by atoms with E-state index < -0.39 is 71.0 Å². The Morgan fingerprint density at radius 2 is 1.27 bits per heavy atom. The number of thiol groups is 1. The van der Waals surface area contributed by atoms with E-state index in [0.717, 1.165) is 11.1 Å². The maximum atomic E-state index is 14.7. The van der Waals surface area contributed by atoms with Gasteiger partial charge in [0.2, 0.25) is 5.91 Å². The summed E-state index contributed by atoms with van der Waals surface area (Å²) in [5.74, 6) is -0.416. The number of fused-ring (bicyclic) bond motifs is 4. The first kappa shape index (κ1) is 47.3. The molecule has 0 bridgehead atoms. The third-order valence-corrected chi connectivity index (χ3v) is 14.6. The predicted molar refractivity (Wildman–Crippen MR) is 232 cm³/mol. The highest BCUT2D eigenvalue weighted by molar-refractivity contribution is 7.81. The highest BCUT2D eigenvalue weighted by atomic mass is 32.2. The van der Waals surface area contributed by atoms with Gasteiger partial charge < -0.3 is 58.4 Å². The van der Waals surface area contributed by atoms with Crippen LogP contribution in [0.25, 0.3) is 0 Å². The summed E-state index contributed by atoms with van der Waals surface area (Å²) in [5, 5.41) is 8.82. The number of carbonyl (C=O) groups excluding carboxylic acids is 3. The maximum absolute atomic E-state index is 14.7. The van der Waals surface area contributed by atoms with Crippen molar-refractivity contribution in [3.05, 3.63) is 59.7 Å². The van der Waals surface area contributed by atoms with E-state index in [1.807, 2.05) is 13.8 Å². The van der Waals surface area contributed by atoms with E-state index in [2.05, 4.69) is 41.7 Å². The number of nitrogens with one attached hydrogen (secondary N) is 3. The second-order valence-electron chi connectivity index (χ2n) is 16.0. The van der Waals surface area contributed by atoms with Gasteiger partial charge in [0.25, 0.3) is 11.8 Å². The molecule has 23 heteroatoms. The van der Waals surface area contributed by atoms with Crippen molar-refractivity contribution in [2.45, 2.75) is 68.8 Å². The third kappa shape index (κ3) is 11.3. The van der Waals surface area contributed by atoms with E-state index >= 15 is 0 Å². The van der Waals surface area contributed by atoms with Crippen molar-refractivity contribution in [3.63, 3.8) is 0 Å². The molecule has 0 radical (unpaired) electrons. The fourth-order valence-corrected chi connectivity index (χ4v) is 10.4. The van der Waals surface area contributed by atoms with Crippen LogP contribution >= 0.6 is 19.8 Å². The number of nitrogens with zero attached hydrogens (tertiary/aromatic N) is 2. The molecule has 0 spiro atoms. The number of carbonyl (C=O) groups is 3. The minimum absolute atomic E-state index is 0.0502. The zero-order valence-electron chi connectivity index (χ0n) is 34.6. The Hall–Kier alpha value is -4.15. The number of methoxy groups -OCH3 is 2. The first-order chi connectivity index (χ1) is 29.3. The SMILES string of the molecule is C=C1C[C@@H]2C(OS(=O)[O-])Nc3cc(OCCP(=O)(CCOc4cc5c(cc4OC)C(=O)N4CC(=C)C[C@H]4C(OS(=O)[O-])N5)CNC(=O)CCC(C)(C)S)c(OC)cc3C(=O)N2C1. The summed E-state index contributed by atoms with van der Waals surface area (Å²) < 4.78 is 94.5. The molecule has 4 aliphatic heterocycles. The smallest absolute Gasteiger partial charge is 0.256 e. The van der Waals surface area contributed by atoms with Gasteiger partial charge in [-0.05, 0) is 31.4 Å². The van der Waals surface area contributed by atoms with Gasteiger partial charge in [0.1, 0.15) is 7.14 Å². The molecule has 2 aromatic rings. The average Bonchev–Trinajstić information content (AvgIpc) is 3.75. The molecule has 2 aromatic carbocycles. The van der Waals surface area contributed by atoms with Crippen LogP contribution in [-0.4, -0.2) is 133 Å². The van der Waals surface area contributed by atoms with Gasteiger partial charge in [-0.1, -0.05) is 38.2 Å². The fourth-order valence-electron chi connectivity index (χ4n) is 7.71. The number of hydrogen-bond acceptors (Lipinski definition) is 17. The van der Waals surface area contributed by atoms with Crippen molar-refractivity contribution >= 4 is 71.6 Å². The van der Waals surface area contributed by atoms with Crippen LogP contribution in [0.4, 0.5) is 11.4 Å². The van der Waals surface area contributed by atoms with Gasteiger partial charge in [-0.3, -0.25) is 22.7 Å². The van der Waals surface area contributed by atoms with E-state index in [1.165, 1.54) is 48.3 Å².